The lowest BCUT2D eigenvalue weighted by Crippen LogP contribution is -2.41. The van der Waals surface area contributed by atoms with Crippen LogP contribution in [-0.2, 0) is 15.5 Å². The van der Waals surface area contributed by atoms with Crippen molar-refractivity contribution in [2.45, 2.75) is 45.1 Å². The third kappa shape index (κ3) is 3.18. The number of hydrogen-bond acceptors (Lipinski definition) is 3. The van der Waals surface area contributed by atoms with Gasteiger partial charge in [-0.15, -0.1) is 0 Å². The maximum Gasteiger partial charge on any atom is 0.498 e. The van der Waals surface area contributed by atoms with Gasteiger partial charge in [-0.2, -0.15) is 18.3 Å². The molecule has 1 aliphatic heterocycles. The maximum atomic E-state index is 14.1. The molecule has 1 fully saturated rings. The number of benzene rings is 1. The molecule has 0 atom stereocenters. The molecule has 0 spiro atoms. The normalized spacial score (nSPS) is 19.4. The van der Waals surface area contributed by atoms with E-state index in [1.165, 1.54) is 12.4 Å². The van der Waals surface area contributed by atoms with E-state index in [1.54, 1.807) is 0 Å². The molecule has 0 saturated carbocycles. The van der Waals surface area contributed by atoms with Gasteiger partial charge in [-0.3, -0.25) is 0 Å². The zero-order valence-electron chi connectivity index (χ0n) is 14.2. The molecule has 1 aromatic heterocycles. The number of hydrogen-bond donors (Lipinski definition) is 0. The first-order chi connectivity index (χ1) is 11.4. The average molecular weight is 356 g/mol. The number of halogens is 4. The number of rotatable bonds is 2. The van der Waals surface area contributed by atoms with E-state index in [9.17, 15) is 17.6 Å². The molecule has 9 heteroatoms. The molecule has 1 aliphatic rings. The molecule has 0 aliphatic carbocycles. The van der Waals surface area contributed by atoms with Gasteiger partial charge in [0.2, 0.25) is 0 Å². The first-order valence-electron chi connectivity index (χ1n) is 7.68. The van der Waals surface area contributed by atoms with Gasteiger partial charge in [-0.25, -0.2) is 9.07 Å². The highest BCUT2D eigenvalue weighted by atomic mass is 19.4. The summed E-state index contributed by atoms with van der Waals surface area (Å²) in [4.78, 5) is 0. The van der Waals surface area contributed by atoms with Crippen molar-refractivity contribution in [2.75, 3.05) is 0 Å². The molecule has 0 unspecified atom stereocenters. The first kappa shape index (κ1) is 17.9. The zero-order valence-corrected chi connectivity index (χ0v) is 14.2. The summed E-state index contributed by atoms with van der Waals surface area (Å²) in [7, 11) is -0.684. The summed E-state index contributed by atoms with van der Waals surface area (Å²) in [6.45, 7) is 7.58. The van der Waals surface area contributed by atoms with Gasteiger partial charge < -0.3 is 9.31 Å². The molecule has 25 heavy (non-hydrogen) atoms. The van der Waals surface area contributed by atoms with Gasteiger partial charge in [-0.05, 0) is 45.9 Å². The predicted molar refractivity (Wildman–Crippen MR) is 84.2 cm³/mol. The molecule has 0 radical (unpaired) electrons. The fraction of sp³-hybridized carbons (Fsp3) is 0.438. The van der Waals surface area contributed by atoms with Gasteiger partial charge in [0.1, 0.15) is 11.5 Å². The molecule has 2 heterocycles. The smallest absolute Gasteiger partial charge is 0.399 e. The second-order valence-electron chi connectivity index (χ2n) is 6.97. The van der Waals surface area contributed by atoms with Crippen LogP contribution in [0.2, 0.25) is 0 Å². The van der Waals surface area contributed by atoms with Crippen molar-refractivity contribution >= 4 is 12.6 Å². The molecule has 0 N–H and O–H groups in total. The van der Waals surface area contributed by atoms with Gasteiger partial charge in [0, 0.05) is 17.9 Å². The average Bonchev–Trinajstić information content (AvgIpc) is 3.01. The second kappa shape index (κ2) is 5.57. The van der Waals surface area contributed by atoms with Crippen LogP contribution >= 0.6 is 0 Å². The van der Waals surface area contributed by atoms with Gasteiger partial charge in [0.25, 0.3) is 0 Å². The van der Waals surface area contributed by atoms with Gasteiger partial charge in [0.05, 0.1) is 16.8 Å². The highest BCUT2D eigenvalue weighted by molar-refractivity contribution is 6.62. The summed E-state index contributed by atoms with van der Waals surface area (Å²) < 4.78 is 64.9. The lowest BCUT2D eigenvalue weighted by Gasteiger charge is -2.32. The summed E-state index contributed by atoms with van der Waals surface area (Å²) in [5.41, 5.74) is -1.67. The third-order valence-electron chi connectivity index (χ3n) is 4.65. The van der Waals surface area contributed by atoms with E-state index in [-0.39, 0.29) is 5.69 Å². The van der Waals surface area contributed by atoms with Gasteiger partial charge in [0.15, 0.2) is 0 Å². The van der Waals surface area contributed by atoms with E-state index >= 15 is 0 Å². The van der Waals surface area contributed by atoms with Crippen molar-refractivity contribution in [3.63, 3.8) is 0 Å². The van der Waals surface area contributed by atoms with Crippen LogP contribution in [0.25, 0.3) is 5.69 Å². The van der Waals surface area contributed by atoms with E-state index < -0.39 is 35.9 Å². The minimum atomic E-state index is -4.60. The maximum absolute atomic E-state index is 14.1. The molecular formula is C16H17BF4N2O2. The Morgan fingerprint density at radius 3 is 2.20 bits per heavy atom. The number of aromatic nitrogens is 2. The van der Waals surface area contributed by atoms with Gasteiger partial charge in [-0.1, -0.05) is 0 Å². The second-order valence-corrected chi connectivity index (χ2v) is 6.97. The SMILES string of the molecule is CC1(C)OB(c2cnn(-c3ccc(C(F)(F)F)cc3F)c2)OC1(C)C. The molecule has 1 saturated heterocycles. The van der Waals surface area contributed by atoms with E-state index in [1.807, 2.05) is 27.7 Å². The first-order valence-corrected chi connectivity index (χ1v) is 7.68. The molecular weight excluding hydrogens is 339 g/mol. The Balaban J connectivity index is 1.88. The summed E-state index contributed by atoms with van der Waals surface area (Å²) in [6, 6.07) is 2.30. The Morgan fingerprint density at radius 1 is 1.08 bits per heavy atom. The molecule has 0 bridgehead atoms. The fourth-order valence-corrected chi connectivity index (χ4v) is 2.44. The summed E-state index contributed by atoms with van der Waals surface area (Å²) in [6.07, 6.45) is -1.68. The van der Waals surface area contributed by atoms with Crippen LogP contribution in [0.15, 0.2) is 30.6 Å². The largest absolute Gasteiger partial charge is 0.498 e. The third-order valence-corrected chi connectivity index (χ3v) is 4.65. The minimum Gasteiger partial charge on any atom is -0.399 e. The quantitative estimate of drug-likeness (QED) is 0.612. The van der Waals surface area contributed by atoms with Crippen LogP contribution in [0.1, 0.15) is 33.3 Å². The van der Waals surface area contributed by atoms with E-state index in [2.05, 4.69) is 5.10 Å². The minimum absolute atomic E-state index is 0.0873. The van der Waals surface area contributed by atoms with Crippen molar-refractivity contribution in [2.24, 2.45) is 0 Å². The van der Waals surface area contributed by atoms with Crippen molar-refractivity contribution in [1.29, 1.82) is 0 Å². The Labute approximate surface area is 142 Å². The van der Waals surface area contributed by atoms with Crippen molar-refractivity contribution in [3.8, 4) is 5.69 Å². The van der Waals surface area contributed by atoms with Crippen molar-refractivity contribution in [1.82, 2.24) is 9.78 Å². The Hall–Kier alpha value is -1.87. The highest BCUT2D eigenvalue weighted by Crippen LogP contribution is 2.36. The molecule has 4 nitrogen and oxygen atoms in total. The zero-order chi connectivity index (χ0) is 18.6. The number of nitrogens with zero attached hydrogens (tertiary/aromatic N) is 2. The highest BCUT2D eigenvalue weighted by Gasteiger charge is 2.52. The van der Waals surface area contributed by atoms with Crippen LogP contribution in [-0.4, -0.2) is 28.1 Å². The van der Waals surface area contributed by atoms with Crippen molar-refractivity contribution < 1.29 is 26.9 Å². The van der Waals surface area contributed by atoms with Crippen LogP contribution in [0.5, 0.6) is 0 Å². The van der Waals surface area contributed by atoms with Crippen molar-refractivity contribution in [3.05, 3.63) is 42.0 Å². The van der Waals surface area contributed by atoms with E-state index in [0.29, 0.717) is 11.5 Å². The molecule has 0 amide bonds. The lowest BCUT2D eigenvalue weighted by molar-refractivity contribution is -0.137. The van der Waals surface area contributed by atoms with Crippen LogP contribution in [0.4, 0.5) is 17.6 Å². The standard InChI is InChI=1S/C16H17BF4N2O2/c1-14(2)15(3,4)25-17(24-14)11-8-22-23(9-11)13-6-5-10(7-12(13)18)16(19,20)21/h5-9H,1-4H3. The van der Waals surface area contributed by atoms with E-state index in [4.69, 9.17) is 9.31 Å². The molecule has 1 aromatic carbocycles. The Kier molecular flexibility index (Phi) is 4.00. The molecule has 2 aromatic rings. The monoisotopic (exact) mass is 356 g/mol. The summed E-state index contributed by atoms with van der Waals surface area (Å²) in [5.74, 6) is -1.02. The van der Waals surface area contributed by atoms with Crippen LogP contribution in [0, 0.1) is 5.82 Å². The molecule has 134 valence electrons. The fourth-order valence-electron chi connectivity index (χ4n) is 2.44. The molecule has 3 rings (SSSR count). The van der Waals surface area contributed by atoms with Gasteiger partial charge >= 0.3 is 13.3 Å². The van der Waals surface area contributed by atoms with E-state index in [0.717, 1.165) is 16.8 Å². The lowest BCUT2D eigenvalue weighted by atomic mass is 9.82. The Morgan fingerprint density at radius 2 is 1.68 bits per heavy atom. The topological polar surface area (TPSA) is 36.3 Å². The number of alkyl halides is 3. The predicted octanol–water partition coefficient (Wildman–Crippen LogP) is 3.33. The summed E-state index contributed by atoms with van der Waals surface area (Å²) in [5, 5.41) is 4.01. The van der Waals surface area contributed by atoms with Crippen LogP contribution < -0.4 is 5.46 Å². The summed E-state index contributed by atoms with van der Waals surface area (Å²) >= 11 is 0. The Bertz CT molecular complexity index is 786. The van der Waals surface area contributed by atoms with Crippen LogP contribution in [0.3, 0.4) is 0 Å².